The summed E-state index contributed by atoms with van der Waals surface area (Å²) in [5.74, 6) is 0.554. The quantitative estimate of drug-likeness (QED) is 0.524. The van der Waals surface area contributed by atoms with Crippen LogP contribution >= 0.6 is 0 Å². The third kappa shape index (κ3) is 5.57. The molecule has 0 aliphatic heterocycles. The van der Waals surface area contributed by atoms with Crippen molar-refractivity contribution < 1.29 is 23.8 Å². The first-order chi connectivity index (χ1) is 15.5. The first kappa shape index (κ1) is 22.7. The van der Waals surface area contributed by atoms with Crippen molar-refractivity contribution >= 4 is 11.8 Å². The molecule has 32 heavy (non-hydrogen) atoms. The molecule has 3 aromatic rings. The van der Waals surface area contributed by atoms with Gasteiger partial charge in [-0.2, -0.15) is 0 Å². The van der Waals surface area contributed by atoms with Gasteiger partial charge in [0.1, 0.15) is 5.75 Å². The first-order valence-corrected chi connectivity index (χ1v) is 10.2. The van der Waals surface area contributed by atoms with Gasteiger partial charge in [-0.3, -0.25) is 20.4 Å². The van der Waals surface area contributed by atoms with Gasteiger partial charge in [-0.05, 0) is 47.9 Å². The summed E-state index contributed by atoms with van der Waals surface area (Å²) in [6.07, 6.45) is -0.332. The summed E-state index contributed by atoms with van der Waals surface area (Å²) in [6.45, 7) is 1.83. The van der Waals surface area contributed by atoms with Gasteiger partial charge in [0.2, 0.25) is 0 Å². The van der Waals surface area contributed by atoms with Crippen molar-refractivity contribution in [2.75, 3.05) is 14.2 Å². The Morgan fingerprint density at radius 3 is 2.09 bits per heavy atom. The Morgan fingerprint density at radius 2 is 1.47 bits per heavy atom. The molecule has 166 valence electrons. The SMILES string of the molecule is CCC(Oc1ccc(-c2ccccc2)cc1)C(=O)NNC(=O)c1ccc(OC)c(OC)c1. The number of amides is 2. The minimum Gasteiger partial charge on any atom is -0.493 e. The maximum absolute atomic E-state index is 12.5. The number of carbonyl (C=O) groups is 2. The van der Waals surface area contributed by atoms with E-state index in [1.807, 2.05) is 61.5 Å². The van der Waals surface area contributed by atoms with Crippen LogP contribution in [0.1, 0.15) is 23.7 Å². The van der Waals surface area contributed by atoms with Crippen LogP contribution in [0, 0.1) is 0 Å². The summed E-state index contributed by atoms with van der Waals surface area (Å²) in [6, 6.07) is 22.2. The summed E-state index contributed by atoms with van der Waals surface area (Å²) in [7, 11) is 2.99. The lowest BCUT2D eigenvalue weighted by atomic mass is 10.1. The van der Waals surface area contributed by atoms with Gasteiger partial charge in [-0.1, -0.05) is 49.4 Å². The van der Waals surface area contributed by atoms with Gasteiger partial charge in [-0.25, -0.2) is 0 Å². The van der Waals surface area contributed by atoms with Crippen molar-refractivity contribution in [3.63, 3.8) is 0 Å². The van der Waals surface area contributed by atoms with Crippen LogP contribution in [0.25, 0.3) is 11.1 Å². The summed E-state index contributed by atoms with van der Waals surface area (Å²) in [5.41, 5.74) is 7.29. The Balaban J connectivity index is 1.58. The fourth-order valence-electron chi connectivity index (χ4n) is 3.09. The molecule has 0 spiro atoms. The summed E-state index contributed by atoms with van der Waals surface area (Å²) < 4.78 is 16.2. The lowest BCUT2D eigenvalue weighted by molar-refractivity contribution is -0.128. The van der Waals surface area contributed by atoms with Crippen molar-refractivity contribution in [2.45, 2.75) is 19.4 Å². The fraction of sp³-hybridized carbons (Fsp3) is 0.200. The molecule has 0 saturated heterocycles. The molecule has 0 fully saturated rings. The molecule has 0 heterocycles. The minimum atomic E-state index is -0.761. The number of ether oxygens (including phenoxy) is 3. The highest BCUT2D eigenvalue weighted by molar-refractivity contribution is 5.96. The number of methoxy groups -OCH3 is 2. The molecule has 2 N–H and O–H groups in total. The number of nitrogens with one attached hydrogen (secondary N) is 2. The van der Waals surface area contributed by atoms with E-state index < -0.39 is 17.9 Å². The Bertz CT molecular complexity index is 1050. The third-order valence-electron chi connectivity index (χ3n) is 4.85. The zero-order chi connectivity index (χ0) is 22.9. The molecule has 0 aromatic heterocycles. The lowest BCUT2D eigenvalue weighted by Crippen LogP contribution is -2.47. The van der Waals surface area contributed by atoms with Crippen LogP contribution in [0.3, 0.4) is 0 Å². The van der Waals surface area contributed by atoms with Crippen LogP contribution < -0.4 is 25.1 Å². The molecule has 3 rings (SSSR count). The van der Waals surface area contributed by atoms with E-state index in [1.165, 1.54) is 20.3 Å². The normalized spacial score (nSPS) is 11.2. The second-order valence-electron chi connectivity index (χ2n) is 6.92. The maximum Gasteiger partial charge on any atom is 0.279 e. The van der Waals surface area contributed by atoms with E-state index in [1.54, 1.807) is 12.1 Å². The molecule has 1 unspecified atom stereocenters. The van der Waals surface area contributed by atoms with E-state index in [0.29, 0.717) is 29.2 Å². The van der Waals surface area contributed by atoms with Gasteiger partial charge in [0.25, 0.3) is 11.8 Å². The molecule has 0 aliphatic rings. The predicted octanol–water partition coefficient (Wildman–Crippen LogP) is 3.99. The minimum absolute atomic E-state index is 0.313. The fourth-order valence-corrected chi connectivity index (χ4v) is 3.09. The molecule has 0 saturated carbocycles. The monoisotopic (exact) mass is 434 g/mol. The van der Waals surface area contributed by atoms with Crippen LogP contribution in [0.5, 0.6) is 17.2 Å². The summed E-state index contributed by atoms with van der Waals surface area (Å²) in [5, 5.41) is 0. The average molecular weight is 434 g/mol. The Hall–Kier alpha value is -4.00. The number of hydrogen-bond donors (Lipinski definition) is 2. The first-order valence-electron chi connectivity index (χ1n) is 10.2. The number of hydrogen-bond acceptors (Lipinski definition) is 5. The smallest absolute Gasteiger partial charge is 0.279 e. The molecular formula is C25H26N2O5. The highest BCUT2D eigenvalue weighted by Gasteiger charge is 2.20. The van der Waals surface area contributed by atoms with Crippen LogP contribution in [0.15, 0.2) is 72.8 Å². The van der Waals surface area contributed by atoms with E-state index in [9.17, 15) is 9.59 Å². The van der Waals surface area contributed by atoms with Gasteiger partial charge in [-0.15, -0.1) is 0 Å². The summed E-state index contributed by atoms with van der Waals surface area (Å²) >= 11 is 0. The molecular weight excluding hydrogens is 408 g/mol. The second kappa shape index (κ2) is 10.9. The second-order valence-corrected chi connectivity index (χ2v) is 6.92. The van der Waals surface area contributed by atoms with Gasteiger partial charge in [0.15, 0.2) is 17.6 Å². The molecule has 0 radical (unpaired) electrons. The van der Waals surface area contributed by atoms with Crippen molar-refractivity contribution in [3.05, 3.63) is 78.4 Å². The number of carbonyl (C=O) groups excluding carboxylic acids is 2. The van der Waals surface area contributed by atoms with Crippen molar-refractivity contribution in [1.29, 1.82) is 0 Å². The molecule has 7 heteroatoms. The van der Waals surface area contributed by atoms with E-state index >= 15 is 0 Å². The third-order valence-corrected chi connectivity index (χ3v) is 4.85. The largest absolute Gasteiger partial charge is 0.493 e. The molecule has 3 aromatic carbocycles. The Morgan fingerprint density at radius 1 is 0.812 bits per heavy atom. The van der Waals surface area contributed by atoms with Crippen molar-refractivity contribution in [3.8, 4) is 28.4 Å². The number of rotatable bonds is 8. The molecule has 0 aliphatic carbocycles. The van der Waals surface area contributed by atoms with E-state index in [4.69, 9.17) is 14.2 Å². The standard InChI is InChI=1S/C25H26N2O5/c1-4-21(32-20-13-10-18(11-14-20)17-8-6-5-7-9-17)25(29)27-26-24(28)19-12-15-22(30-2)23(16-19)31-3/h5-16,21H,4H2,1-3H3,(H,26,28)(H,27,29). The zero-order valence-electron chi connectivity index (χ0n) is 18.3. The number of hydrazine groups is 1. The van der Waals surface area contributed by atoms with Gasteiger partial charge < -0.3 is 14.2 Å². The molecule has 1 atom stereocenters. The Kier molecular flexibility index (Phi) is 7.70. The number of benzene rings is 3. The van der Waals surface area contributed by atoms with Crippen molar-refractivity contribution in [2.24, 2.45) is 0 Å². The molecule has 0 bridgehead atoms. The van der Waals surface area contributed by atoms with E-state index in [2.05, 4.69) is 10.9 Å². The molecule has 7 nitrogen and oxygen atoms in total. The highest BCUT2D eigenvalue weighted by atomic mass is 16.5. The topological polar surface area (TPSA) is 85.9 Å². The van der Waals surface area contributed by atoms with E-state index in [-0.39, 0.29) is 0 Å². The Labute approximate surface area is 187 Å². The molecule has 2 amide bonds. The average Bonchev–Trinajstić information content (AvgIpc) is 2.86. The van der Waals surface area contributed by atoms with Crippen LogP contribution in [0.2, 0.25) is 0 Å². The predicted molar refractivity (Wildman–Crippen MR) is 122 cm³/mol. The summed E-state index contributed by atoms with van der Waals surface area (Å²) in [4.78, 5) is 24.9. The van der Waals surface area contributed by atoms with Gasteiger partial charge in [0.05, 0.1) is 14.2 Å². The van der Waals surface area contributed by atoms with Crippen LogP contribution in [-0.2, 0) is 4.79 Å². The van der Waals surface area contributed by atoms with Crippen molar-refractivity contribution in [1.82, 2.24) is 10.9 Å². The van der Waals surface area contributed by atoms with Gasteiger partial charge in [0, 0.05) is 5.56 Å². The van der Waals surface area contributed by atoms with Gasteiger partial charge >= 0.3 is 0 Å². The van der Waals surface area contributed by atoms with Crippen LogP contribution in [0.4, 0.5) is 0 Å². The maximum atomic E-state index is 12.5. The highest BCUT2D eigenvalue weighted by Crippen LogP contribution is 2.27. The van der Waals surface area contributed by atoms with Crippen LogP contribution in [-0.4, -0.2) is 32.1 Å². The van der Waals surface area contributed by atoms with E-state index in [0.717, 1.165) is 11.1 Å². The zero-order valence-corrected chi connectivity index (χ0v) is 18.3. The lowest BCUT2D eigenvalue weighted by Gasteiger charge is -2.18.